The monoisotopic (exact) mass is 250 g/mol. The van der Waals surface area contributed by atoms with Gasteiger partial charge in [0.2, 0.25) is 0 Å². The lowest BCUT2D eigenvalue weighted by atomic mass is 10.1. The second-order valence-corrected chi connectivity index (χ2v) is 4.10. The summed E-state index contributed by atoms with van der Waals surface area (Å²) in [6, 6.07) is 8.15. The third kappa shape index (κ3) is 1.53. The molecule has 2 nitrogen and oxygen atoms in total. The molecule has 72 valence electrons. The first-order valence-corrected chi connectivity index (χ1v) is 5.26. The van der Waals surface area contributed by atoms with Gasteiger partial charge < -0.3 is 5.73 Å². The predicted octanol–water partition coefficient (Wildman–Crippen LogP) is 2.76. The molecule has 2 aromatic rings. The molecule has 2 rings (SSSR count). The number of nitrogens with zero attached hydrogens (tertiary/aromatic N) is 1. The van der Waals surface area contributed by atoms with Crippen LogP contribution < -0.4 is 5.73 Å². The third-order valence-corrected chi connectivity index (χ3v) is 2.91. The van der Waals surface area contributed by atoms with E-state index < -0.39 is 0 Å². The number of aryl methyl sites for hydroxylation is 1. The zero-order valence-corrected chi connectivity index (χ0v) is 9.51. The first-order valence-electron chi connectivity index (χ1n) is 4.47. The number of nitrogens with two attached hydrogens (primary N) is 1. The first kappa shape index (κ1) is 9.62. The molecule has 0 aliphatic carbocycles. The Balaban J connectivity index is 2.87. The average Bonchev–Trinajstić information content (AvgIpc) is 2.18. The van der Waals surface area contributed by atoms with Gasteiger partial charge in [0, 0.05) is 22.1 Å². The van der Waals surface area contributed by atoms with Crippen LogP contribution in [0.5, 0.6) is 0 Å². The largest absolute Gasteiger partial charge is 0.325 e. The maximum Gasteiger partial charge on any atom is 0.0621 e. The van der Waals surface area contributed by atoms with Gasteiger partial charge in [0.15, 0.2) is 0 Å². The number of aromatic nitrogens is 1. The maximum atomic E-state index is 5.66. The number of hydrogen-bond acceptors (Lipinski definition) is 2. The van der Waals surface area contributed by atoms with Crippen LogP contribution in [0, 0.1) is 6.92 Å². The summed E-state index contributed by atoms with van der Waals surface area (Å²) < 4.78 is 1.09. The van der Waals surface area contributed by atoms with Gasteiger partial charge in [-0.05, 0) is 24.4 Å². The fourth-order valence-electron chi connectivity index (χ4n) is 1.61. The molecule has 0 aliphatic rings. The molecule has 0 fully saturated rings. The van der Waals surface area contributed by atoms with Crippen LogP contribution >= 0.6 is 15.9 Å². The molecule has 0 bridgehead atoms. The lowest BCUT2D eigenvalue weighted by Crippen LogP contribution is -2.01. The fraction of sp³-hybridized carbons (Fsp3) is 0.182. The third-order valence-electron chi connectivity index (χ3n) is 2.22. The summed E-state index contributed by atoms with van der Waals surface area (Å²) in [6.07, 6.45) is 0. The number of hydrogen-bond donors (Lipinski definition) is 1. The van der Waals surface area contributed by atoms with Gasteiger partial charge in [0.1, 0.15) is 0 Å². The van der Waals surface area contributed by atoms with E-state index in [9.17, 15) is 0 Å². The van der Waals surface area contributed by atoms with Gasteiger partial charge >= 0.3 is 0 Å². The van der Waals surface area contributed by atoms with Crippen LogP contribution in [0.25, 0.3) is 10.8 Å². The summed E-state index contributed by atoms with van der Waals surface area (Å²) in [5.74, 6) is 0. The Morgan fingerprint density at radius 3 is 2.86 bits per heavy atom. The molecule has 0 saturated heterocycles. The highest BCUT2D eigenvalue weighted by Crippen LogP contribution is 2.25. The lowest BCUT2D eigenvalue weighted by Gasteiger charge is -2.06. The van der Waals surface area contributed by atoms with Gasteiger partial charge in [-0.15, -0.1) is 0 Å². The molecule has 0 unspecified atom stereocenters. The minimum absolute atomic E-state index is 0.481. The average molecular weight is 251 g/mol. The van der Waals surface area contributed by atoms with Crippen molar-refractivity contribution in [3.8, 4) is 0 Å². The van der Waals surface area contributed by atoms with E-state index in [1.807, 2.05) is 19.1 Å². The Hall–Kier alpha value is -0.930. The molecule has 0 saturated carbocycles. The molecule has 1 aromatic carbocycles. The summed E-state index contributed by atoms with van der Waals surface area (Å²) in [6.45, 7) is 2.46. The van der Waals surface area contributed by atoms with E-state index in [1.165, 1.54) is 5.39 Å². The zero-order chi connectivity index (χ0) is 10.1. The van der Waals surface area contributed by atoms with Gasteiger partial charge in [0.25, 0.3) is 0 Å². The van der Waals surface area contributed by atoms with Gasteiger partial charge in [-0.1, -0.05) is 28.1 Å². The zero-order valence-electron chi connectivity index (χ0n) is 7.92. The van der Waals surface area contributed by atoms with Gasteiger partial charge in [-0.25, -0.2) is 0 Å². The van der Waals surface area contributed by atoms with Crippen molar-refractivity contribution in [3.05, 3.63) is 40.1 Å². The van der Waals surface area contributed by atoms with Crippen molar-refractivity contribution in [3.63, 3.8) is 0 Å². The minimum atomic E-state index is 0.481. The van der Waals surface area contributed by atoms with E-state index in [1.54, 1.807) is 0 Å². The van der Waals surface area contributed by atoms with E-state index in [4.69, 9.17) is 5.73 Å². The topological polar surface area (TPSA) is 38.9 Å². The molecule has 0 spiro atoms. The molecule has 0 radical (unpaired) electrons. The minimum Gasteiger partial charge on any atom is -0.325 e. The molecule has 1 aromatic heterocycles. The molecule has 0 atom stereocenters. The molecule has 0 aliphatic heterocycles. The van der Waals surface area contributed by atoms with Crippen molar-refractivity contribution < 1.29 is 0 Å². The molecule has 14 heavy (non-hydrogen) atoms. The van der Waals surface area contributed by atoms with Crippen molar-refractivity contribution in [2.24, 2.45) is 5.73 Å². The van der Waals surface area contributed by atoms with Crippen molar-refractivity contribution >= 4 is 26.7 Å². The highest BCUT2D eigenvalue weighted by Gasteiger charge is 2.04. The Labute approximate surface area is 91.3 Å². The number of halogens is 1. The standard InChI is InChI=1S/C11H11BrN2/c1-7-5-9-8(11(6-13)14-7)3-2-4-10(9)12/h2-5H,6,13H2,1H3. The van der Waals surface area contributed by atoms with Gasteiger partial charge in [0.05, 0.1) is 5.69 Å². The molecule has 0 amide bonds. The smallest absolute Gasteiger partial charge is 0.0621 e. The van der Waals surface area contributed by atoms with Crippen molar-refractivity contribution in [1.82, 2.24) is 4.98 Å². The fourth-order valence-corrected chi connectivity index (χ4v) is 2.09. The normalized spacial score (nSPS) is 10.8. The Morgan fingerprint density at radius 1 is 1.36 bits per heavy atom. The summed E-state index contributed by atoms with van der Waals surface area (Å²) in [7, 11) is 0. The summed E-state index contributed by atoms with van der Waals surface area (Å²) in [5, 5.41) is 2.31. The summed E-state index contributed by atoms with van der Waals surface area (Å²) in [4.78, 5) is 4.42. The molecule has 1 heterocycles. The van der Waals surface area contributed by atoms with Crippen LogP contribution in [-0.4, -0.2) is 4.98 Å². The molecular weight excluding hydrogens is 240 g/mol. The van der Waals surface area contributed by atoms with Crippen LogP contribution in [-0.2, 0) is 6.54 Å². The van der Waals surface area contributed by atoms with Gasteiger partial charge in [-0.2, -0.15) is 0 Å². The van der Waals surface area contributed by atoms with E-state index in [0.29, 0.717) is 6.54 Å². The number of benzene rings is 1. The van der Waals surface area contributed by atoms with E-state index in [-0.39, 0.29) is 0 Å². The predicted molar refractivity (Wildman–Crippen MR) is 62.1 cm³/mol. The van der Waals surface area contributed by atoms with E-state index in [2.05, 4.69) is 33.0 Å². The summed E-state index contributed by atoms with van der Waals surface area (Å²) in [5.41, 5.74) is 7.62. The second kappa shape index (κ2) is 3.67. The summed E-state index contributed by atoms with van der Waals surface area (Å²) >= 11 is 3.53. The Morgan fingerprint density at radius 2 is 2.14 bits per heavy atom. The highest BCUT2D eigenvalue weighted by atomic mass is 79.9. The maximum absolute atomic E-state index is 5.66. The SMILES string of the molecule is Cc1cc2c(Br)cccc2c(CN)n1. The van der Waals surface area contributed by atoms with Crippen LogP contribution in [0.2, 0.25) is 0 Å². The number of rotatable bonds is 1. The van der Waals surface area contributed by atoms with Crippen LogP contribution in [0.15, 0.2) is 28.7 Å². The molecule has 3 heteroatoms. The van der Waals surface area contributed by atoms with Gasteiger partial charge in [-0.3, -0.25) is 4.98 Å². The molecular formula is C11H11BrN2. The van der Waals surface area contributed by atoms with E-state index >= 15 is 0 Å². The Kier molecular flexibility index (Phi) is 2.52. The van der Waals surface area contributed by atoms with E-state index in [0.717, 1.165) is 21.2 Å². The quantitative estimate of drug-likeness (QED) is 0.846. The van der Waals surface area contributed by atoms with Crippen LogP contribution in [0.4, 0.5) is 0 Å². The Bertz CT molecular complexity index is 480. The van der Waals surface area contributed by atoms with Crippen LogP contribution in [0.1, 0.15) is 11.4 Å². The number of pyridine rings is 1. The van der Waals surface area contributed by atoms with Crippen molar-refractivity contribution in [2.45, 2.75) is 13.5 Å². The number of fused-ring (bicyclic) bond motifs is 1. The lowest BCUT2D eigenvalue weighted by molar-refractivity contribution is 0.988. The van der Waals surface area contributed by atoms with Crippen molar-refractivity contribution in [2.75, 3.05) is 0 Å². The first-order chi connectivity index (χ1) is 6.72. The van der Waals surface area contributed by atoms with Crippen LogP contribution in [0.3, 0.4) is 0 Å². The molecule has 2 N–H and O–H groups in total. The van der Waals surface area contributed by atoms with Crippen molar-refractivity contribution in [1.29, 1.82) is 0 Å². The second-order valence-electron chi connectivity index (χ2n) is 3.25. The highest BCUT2D eigenvalue weighted by molar-refractivity contribution is 9.10.